The minimum absolute atomic E-state index is 0.0372. The van der Waals surface area contributed by atoms with Crippen LogP contribution in [0.2, 0.25) is 0 Å². The first kappa shape index (κ1) is 25.4. The number of allylic oxidation sites excluding steroid dienone is 1. The van der Waals surface area contributed by atoms with Crippen molar-refractivity contribution in [3.05, 3.63) is 58.7 Å². The normalized spacial score (nSPS) is 40.4. The number of Topliss-reactive ketones (excluding diaryl/α,β-unsaturated/α-hetero) is 1. The van der Waals surface area contributed by atoms with Crippen LogP contribution in [0.15, 0.2) is 47.6 Å². The maximum absolute atomic E-state index is 14.4. The van der Waals surface area contributed by atoms with Gasteiger partial charge in [0.25, 0.3) is 0 Å². The molecule has 36 heavy (non-hydrogen) atoms. The molecular formula is C30H38O6. The number of aliphatic hydroxyl groups excluding tert-OH is 2. The van der Waals surface area contributed by atoms with E-state index in [9.17, 15) is 24.9 Å². The van der Waals surface area contributed by atoms with Crippen molar-refractivity contribution in [3.63, 3.8) is 0 Å². The van der Waals surface area contributed by atoms with Crippen molar-refractivity contribution in [2.45, 2.75) is 71.7 Å². The van der Waals surface area contributed by atoms with Crippen LogP contribution in [-0.2, 0) is 9.53 Å². The summed E-state index contributed by atoms with van der Waals surface area (Å²) in [6.07, 6.45) is 1.37. The Morgan fingerprint density at radius 1 is 1.22 bits per heavy atom. The molecule has 0 saturated heterocycles. The smallest absolute Gasteiger partial charge is 0.339 e. The molecule has 5 rings (SSSR count). The van der Waals surface area contributed by atoms with Crippen LogP contribution in [0.1, 0.15) is 69.8 Å². The molecule has 1 aromatic rings. The lowest BCUT2D eigenvalue weighted by atomic mass is 9.59. The Labute approximate surface area is 213 Å². The third-order valence-corrected chi connectivity index (χ3v) is 9.92. The minimum atomic E-state index is -2.12. The molecule has 8 atom stereocenters. The summed E-state index contributed by atoms with van der Waals surface area (Å²) < 4.78 is 6.02. The molecule has 0 aliphatic heterocycles. The van der Waals surface area contributed by atoms with E-state index in [2.05, 4.69) is 13.8 Å². The Morgan fingerprint density at radius 3 is 2.53 bits per heavy atom. The number of rotatable bonds is 4. The van der Waals surface area contributed by atoms with E-state index in [1.807, 2.05) is 32.9 Å². The number of fused-ring (bicyclic) bond motifs is 3. The van der Waals surface area contributed by atoms with Gasteiger partial charge in [-0.25, -0.2) is 4.79 Å². The molecule has 0 radical (unpaired) electrons. The number of esters is 1. The van der Waals surface area contributed by atoms with Crippen molar-refractivity contribution < 1.29 is 29.6 Å². The average molecular weight is 495 g/mol. The van der Waals surface area contributed by atoms with Crippen LogP contribution in [0.4, 0.5) is 0 Å². The zero-order valence-corrected chi connectivity index (χ0v) is 22.0. The van der Waals surface area contributed by atoms with Gasteiger partial charge in [-0.3, -0.25) is 4.79 Å². The number of ether oxygens (including phenoxy) is 1. The molecular weight excluding hydrogens is 456 g/mol. The minimum Gasteiger partial charge on any atom is -0.451 e. The standard InChI is InChI=1S/C30H38O6/c1-15(2)19-9-7-8-10-20(19)27(34)36-26-16(3)13-29-17(4)11-22-23(28(22,5)6)21(25(29)33)12-18(14-31)24(32)30(26,29)35/h7-10,12-13,15,17,21-24,26,31-32,35H,11,14H2,1-6H3/t17-,21+,22-,23+,24-,26+,29+,30+/m1/s1. The average Bonchev–Trinajstić information content (AvgIpc) is 3.32. The number of hydrogen-bond acceptors (Lipinski definition) is 6. The molecule has 4 aliphatic carbocycles. The summed E-state index contributed by atoms with van der Waals surface area (Å²) in [6, 6.07) is 7.19. The van der Waals surface area contributed by atoms with Gasteiger partial charge in [0.05, 0.1) is 17.6 Å². The third kappa shape index (κ3) is 3.07. The first-order valence-electron chi connectivity index (χ1n) is 13.1. The Kier molecular flexibility index (Phi) is 5.71. The molecule has 194 valence electrons. The maximum Gasteiger partial charge on any atom is 0.339 e. The van der Waals surface area contributed by atoms with Gasteiger partial charge >= 0.3 is 5.97 Å². The second-order valence-corrected chi connectivity index (χ2v) is 12.4. The van der Waals surface area contributed by atoms with Crippen molar-refractivity contribution in [2.24, 2.45) is 34.5 Å². The molecule has 0 aromatic heterocycles. The van der Waals surface area contributed by atoms with E-state index < -0.39 is 41.7 Å². The Balaban J connectivity index is 1.63. The quantitative estimate of drug-likeness (QED) is 0.435. The van der Waals surface area contributed by atoms with Gasteiger partial charge in [0.1, 0.15) is 6.10 Å². The largest absolute Gasteiger partial charge is 0.451 e. The van der Waals surface area contributed by atoms with Crippen LogP contribution < -0.4 is 0 Å². The van der Waals surface area contributed by atoms with Crippen LogP contribution >= 0.6 is 0 Å². The van der Waals surface area contributed by atoms with E-state index in [4.69, 9.17) is 4.74 Å². The fourth-order valence-corrected chi connectivity index (χ4v) is 7.95. The van der Waals surface area contributed by atoms with E-state index in [0.717, 1.165) is 12.0 Å². The van der Waals surface area contributed by atoms with Crippen LogP contribution in [-0.4, -0.2) is 51.5 Å². The van der Waals surface area contributed by atoms with Crippen LogP contribution in [0, 0.1) is 34.5 Å². The van der Waals surface area contributed by atoms with Crippen molar-refractivity contribution >= 4 is 11.8 Å². The molecule has 6 heteroatoms. The van der Waals surface area contributed by atoms with Gasteiger partial charge < -0.3 is 20.1 Å². The highest BCUT2D eigenvalue weighted by Crippen LogP contribution is 2.71. The highest BCUT2D eigenvalue weighted by atomic mass is 16.6. The number of ketones is 1. The first-order valence-corrected chi connectivity index (χ1v) is 13.1. The molecule has 3 N–H and O–H groups in total. The van der Waals surface area contributed by atoms with E-state index in [0.29, 0.717) is 17.1 Å². The molecule has 1 aromatic carbocycles. The highest BCUT2D eigenvalue weighted by molar-refractivity contribution is 5.96. The molecule has 2 bridgehead atoms. The fourth-order valence-electron chi connectivity index (χ4n) is 7.95. The predicted molar refractivity (Wildman–Crippen MR) is 135 cm³/mol. The van der Waals surface area contributed by atoms with Gasteiger partial charge in [-0.1, -0.05) is 65.0 Å². The van der Waals surface area contributed by atoms with Gasteiger partial charge in [-0.15, -0.1) is 0 Å². The monoisotopic (exact) mass is 494 g/mol. The summed E-state index contributed by atoms with van der Waals surface area (Å²) >= 11 is 0. The second kappa shape index (κ2) is 8.11. The molecule has 6 nitrogen and oxygen atoms in total. The molecule has 4 aliphatic rings. The van der Waals surface area contributed by atoms with E-state index in [1.54, 1.807) is 31.2 Å². The predicted octanol–water partition coefficient (Wildman–Crippen LogP) is 3.80. The molecule has 1 spiro atoms. The summed E-state index contributed by atoms with van der Waals surface area (Å²) in [5.41, 5.74) is -1.62. The Hall–Kier alpha value is -2.28. The van der Waals surface area contributed by atoms with Gasteiger partial charge in [-0.2, -0.15) is 0 Å². The Bertz CT molecular complexity index is 1180. The zero-order valence-electron chi connectivity index (χ0n) is 22.0. The maximum atomic E-state index is 14.4. The van der Waals surface area contributed by atoms with E-state index in [-0.39, 0.29) is 34.5 Å². The summed E-state index contributed by atoms with van der Waals surface area (Å²) in [7, 11) is 0. The lowest BCUT2D eigenvalue weighted by molar-refractivity contribution is -0.190. The van der Waals surface area contributed by atoms with Crippen molar-refractivity contribution in [1.82, 2.24) is 0 Å². The van der Waals surface area contributed by atoms with Gasteiger partial charge in [0.15, 0.2) is 17.5 Å². The number of carbonyl (C=O) groups is 2. The zero-order chi connectivity index (χ0) is 26.4. The van der Waals surface area contributed by atoms with E-state index in [1.165, 1.54) is 0 Å². The van der Waals surface area contributed by atoms with Crippen molar-refractivity contribution in [2.75, 3.05) is 6.61 Å². The van der Waals surface area contributed by atoms with E-state index >= 15 is 0 Å². The Morgan fingerprint density at radius 2 is 1.89 bits per heavy atom. The highest BCUT2D eigenvalue weighted by Gasteiger charge is 2.76. The van der Waals surface area contributed by atoms with Crippen LogP contribution in [0.5, 0.6) is 0 Å². The van der Waals surface area contributed by atoms with Gasteiger partial charge in [-0.05, 0) is 65.2 Å². The van der Waals surface area contributed by atoms with Gasteiger partial charge in [0.2, 0.25) is 0 Å². The number of carbonyl (C=O) groups excluding carboxylic acids is 2. The van der Waals surface area contributed by atoms with Crippen molar-refractivity contribution in [1.29, 1.82) is 0 Å². The summed E-state index contributed by atoms with van der Waals surface area (Å²) in [6.45, 7) is 11.5. The van der Waals surface area contributed by atoms with Gasteiger partial charge in [0, 0.05) is 5.92 Å². The molecule has 2 fully saturated rings. The molecule has 0 unspecified atom stereocenters. The summed E-state index contributed by atoms with van der Waals surface area (Å²) in [5, 5.41) is 34.4. The van der Waals surface area contributed by atoms with Crippen molar-refractivity contribution in [3.8, 4) is 0 Å². The number of aliphatic hydroxyl groups is 3. The number of hydrogen-bond donors (Lipinski definition) is 3. The lowest BCUT2D eigenvalue weighted by Gasteiger charge is -2.48. The molecule has 2 saturated carbocycles. The van der Waals surface area contributed by atoms with Crippen LogP contribution in [0.25, 0.3) is 0 Å². The SMILES string of the molecule is CC1=C[C@]23C(=O)[C@@H](C=C(CO)[C@@H](O)[C@]2(O)[C@H]1OC(=O)c1ccccc1C(C)C)[C@H]1[C@@H](C[C@H]3C)C1(C)C. The molecule has 0 amide bonds. The summed E-state index contributed by atoms with van der Waals surface area (Å²) in [5.74, 6) is -1.13. The summed E-state index contributed by atoms with van der Waals surface area (Å²) in [4.78, 5) is 27.9. The fraction of sp³-hybridized carbons (Fsp3) is 0.600. The first-order chi connectivity index (χ1) is 16.8. The molecule has 0 heterocycles. The van der Waals surface area contributed by atoms with Crippen LogP contribution in [0.3, 0.4) is 0 Å². The lowest BCUT2D eigenvalue weighted by Crippen LogP contribution is -2.65. The second-order valence-electron chi connectivity index (χ2n) is 12.4. The topological polar surface area (TPSA) is 104 Å². The third-order valence-electron chi connectivity index (χ3n) is 9.92. The number of benzene rings is 1.